The van der Waals surface area contributed by atoms with E-state index in [1.54, 1.807) is 0 Å². The van der Waals surface area contributed by atoms with Crippen molar-refractivity contribution >= 4 is 38.7 Å². The maximum Gasteiger partial charge on any atom is 0.212 e. The standard InChI is InChI=1S/C7H6Cl2FNO2S/c8-7(9)14(12,13)6-3-4(10)1-2-5(6)11/h1-3,7H,11H2. The summed E-state index contributed by atoms with van der Waals surface area (Å²) in [6, 6.07) is 2.96. The number of hydrogen-bond acceptors (Lipinski definition) is 3. The molecule has 0 radical (unpaired) electrons. The van der Waals surface area contributed by atoms with Crippen molar-refractivity contribution in [3.63, 3.8) is 0 Å². The summed E-state index contributed by atoms with van der Waals surface area (Å²) >= 11 is 10.5. The van der Waals surface area contributed by atoms with Crippen LogP contribution in [0.4, 0.5) is 10.1 Å². The van der Waals surface area contributed by atoms with Gasteiger partial charge in [-0.15, -0.1) is 0 Å². The van der Waals surface area contributed by atoms with E-state index in [-0.39, 0.29) is 5.69 Å². The van der Waals surface area contributed by atoms with Gasteiger partial charge < -0.3 is 5.73 Å². The van der Waals surface area contributed by atoms with Gasteiger partial charge in [0.15, 0.2) is 0 Å². The Hall–Kier alpha value is -0.520. The Bertz CT molecular complexity index is 447. The summed E-state index contributed by atoms with van der Waals surface area (Å²) in [6.45, 7) is 0. The highest BCUT2D eigenvalue weighted by atomic mass is 35.5. The Balaban J connectivity index is 3.40. The van der Waals surface area contributed by atoms with Crippen LogP contribution in [0.3, 0.4) is 0 Å². The zero-order valence-corrected chi connectivity index (χ0v) is 9.07. The highest BCUT2D eigenvalue weighted by Crippen LogP contribution is 2.26. The van der Waals surface area contributed by atoms with Crippen molar-refractivity contribution in [2.45, 2.75) is 9.06 Å². The fourth-order valence-electron chi connectivity index (χ4n) is 0.851. The van der Waals surface area contributed by atoms with Crippen molar-refractivity contribution in [3.8, 4) is 0 Å². The summed E-state index contributed by atoms with van der Waals surface area (Å²) in [5, 5.41) is 0. The molecule has 0 amide bonds. The summed E-state index contributed by atoms with van der Waals surface area (Å²) in [5.41, 5.74) is 5.26. The van der Waals surface area contributed by atoms with Crippen molar-refractivity contribution in [2.24, 2.45) is 0 Å². The molecule has 1 aromatic rings. The third-order valence-corrected chi connectivity index (χ3v) is 4.36. The molecule has 0 aromatic heterocycles. The molecule has 14 heavy (non-hydrogen) atoms. The van der Waals surface area contributed by atoms with Gasteiger partial charge in [-0.3, -0.25) is 0 Å². The van der Waals surface area contributed by atoms with Gasteiger partial charge in [0.25, 0.3) is 0 Å². The van der Waals surface area contributed by atoms with Crippen molar-refractivity contribution in [1.82, 2.24) is 0 Å². The van der Waals surface area contributed by atoms with Crippen LogP contribution in [-0.2, 0) is 9.84 Å². The van der Waals surface area contributed by atoms with E-state index in [0.29, 0.717) is 0 Å². The molecular weight excluding hydrogens is 252 g/mol. The van der Waals surface area contributed by atoms with E-state index in [1.807, 2.05) is 0 Å². The number of rotatable bonds is 2. The van der Waals surface area contributed by atoms with Crippen molar-refractivity contribution in [3.05, 3.63) is 24.0 Å². The molecule has 7 heteroatoms. The van der Waals surface area contributed by atoms with Crippen LogP contribution in [-0.4, -0.2) is 12.6 Å². The van der Waals surface area contributed by atoms with Gasteiger partial charge in [0, 0.05) is 0 Å². The second-order valence-corrected chi connectivity index (χ2v) is 6.10. The first-order valence-corrected chi connectivity index (χ1v) is 5.84. The number of sulfone groups is 1. The second-order valence-electron chi connectivity index (χ2n) is 2.49. The van der Waals surface area contributed by atoms with Crippen LogP contribution in [0, 0.1) is 5.82 Å². The highest BCUT2D eigenvalue weighted by Gasteiger charge is 2.25. The van der Waals surface area contributed by atoms with E-state index < -0.39 is 24.7 Å². The first-order chi connectivity index (χ1) is 6.35. The molecule has 1 aromatic carbocycles. The molecule has 0 saturated carbocycles. The van der Waals surface area contributed by atoms with Gasteiger partial charge in [0.2, 0.25) is 14.0 Å². The van der Waals surface area contributed by atoms with Crippen molar-refractivity contribution in [2.75, 3.05) is 5.73 Å². The molecule has 0 aliphatic heterocycles. The first kappa shape index (κ1) is 11.6. The van der Waals surface area contributed by atoms with Crippen LogP contribution in [0.1, 0.15) is 0 Å². The SMILES string of the molecule is Nc1ccc(F)cc1S(=O)(=O)C(Cl)Cl. The lowest BCUT2D eigenvalue weighted by atomic mass is 10.3. The fourth-order valence-corrected chi connectivity index (χ4v) is 2.29. The number of hydrogen-bond donors (Lipinski definition) is 1. The van der Waals surface area contributed by atoms with E-state index in [2.05, 4.69) is 0 Å². The zero-order chi connectivity index (χ0) is 10.9. The van der Waals surface area contributed by atoms with Crippen LogP contribution in [0.2, 0.25) is 0 Å². The molecule has 0 unspecified atom stereocenters. The average Bonchev–Trinajstić information content (AvgIpc) is 2.08. The number of anilines is 1. The lowest BCUT2D eigenvalue weighted by Gasteiger charge is -2.07. The van der Waals surface area contributed by atoms with Gasteiger partial charge in [-0.1, -0.05) is 23.2 Å². The Labute approximate surface area is 90.5 Å². The molecule has 0 saturated heterocycles. The summed E-state index contributed by atoms with van der Waals surface area (Å²) in [5.74, 6) is -0.716. The molecular formula is C7H6Cl2FNO2S. The Morgan fingerprint density at radius 3 is 2.43 bits per heavy atom. The third kappa shape index (κ3) is 2.10. The molecule has 0 spiro atoms. The summed E-state index contributed by atoms with van der Waals surface area (Å²) in [4.78, 5) is -0.396. The van der Waals surface area contributed by atoms with Crippen LogP contribution >= 0.6 is 23.2 Å². The molecule has 1 rings (SSSR count). The Kier molecular flexibility index (Phi) is 3.24. The van der Waals surface area contributed by atoms with E-state index in [4.69, 9.17) is 28.9 Å². The molecule has 0 aliphatic carbocycles. The quantitative estimate of drug-likeness (QED) is 0.651. The zero-order valence-electron chi connectivity index (χ0n) is 6.75. The minimum absolute atomic E-state index is 0.0855. The molecule has 0 bridgehead atoms. The molecule has 3 nitrogen and oxygen atoms in total. The van der Waals surface area contributed by atoms with Crippen LogP contribution < -0.4 is 5.73 Å². The van der Waals surface area contributed by atoms with E-state index in [0.717, 1.165) is 18.2 Å². The number of benzene rings is 1. The maximum absolute atomic E-state index is 12.7. The van der Waals surface area contributed by atoms with Gasteiger partial charge in [0.05, 0.1) is 10.6 Å². The van der Waals surface area contributed by atoms with E-state index in [9.17, 15) is 12.8 Å². The summed E-state index contributed by atoms with van der Waals surface area (Å²) in [6.07, 6.45) is 0. The number of nitrogen functional groups attached to an aromatic ring is 1. The number of alkyl halides is 2. The monoisotopic (exact) mass is 257 g/mol. The lowest BCUT2D eigenvalue weighted by Crippen LogP contribution is -2.12. The number of nitrogens with two attached hydrogens (primary N) is 1. The minimum atomic E-state index is -3.96. The van der Waals surface area contributed by atoms with Gasteiger partial charge in [-0.2, -0.15) is 0 Å². The summed E-state index contributed by atoms with van der Waals surface area (Å²) in [7, 11) is -3.96. The van der Waals surface area contributed by atoms with Crippen molar-refractivity contribution in [1.29, 1.82) is 0 Å². The molecule has 2 N–H and O–H groups in total. The van der Waals surface area contributed by atoms with Gasteiger partial charge >= 0.3 is 0 Å². The highest BCUT2D eigenvalue weighted by molar-refractivity contribution is 7.94. The van der Waals surface area contributed by atoms with Crippen LogP contribution in [0.15, 0.2) is 23.1 Å². The van der Waals surface area contributed by atoms with Crippen molar-refractivity contribution < 1.29 is 12.8 Å². The molecule has 0 heterocycles. The Morgan fingerprint density at radius 1 is 1.36 bits per heavy atom. The fraction of sp³-hybridized carbons (Fsp3) is 0.143. The van der Waals surface area contributed by atoms with Gasteiger partial charge in [-0.25, -0.2) is 12.8 Å². The minimum Gasteiger partial charge on any atom is -0.398 e. The third-order valence-electron chi connectivity index (χ3n) is 1.52. The first-order valence-electron chi connectivity index (χ1n) is 3.43. The lowest BCUT2D eigenvalue weighted by molar-refractivity contribution is 0.593. The predicted molar refractivity (Wildman–Crippen MR) is 53.5 cm³/mol. The maximum atomic E-state index is 12.7. The van der Waals surface area contributed by atoms with E-state index in [1.165, 1.54) is 0 Å². The molecule has 0 aliphatic rings. The average molecular weight is 258 g/mol. The molecule has 0 fully saturated rings. The van der Waals surface area contributed by atoms with Crippen LogP contribution in [0.25, 0.3) is 0 Å². The topological polar surface area (TPSA) is 60.2 Å². The number of halogens is 3. The predicted octanol–water partition coefficient (Wildman–Crippen LogP) is 1.94. The normalized spacial score (nSPS) is 12.0. The Morgan fingerprint density at radius 2 is 1.93 bits per heavy atom. The van der Waals surface area contributed by atoms with Crippen LogP contribution in [0.5, 0.6) is 0 Å². The second kappa shape index (κ2) is 3.92. The van der Waals surface area contributed by atoms with Gasteiger partial charge in [0.1, 0.15) is 5.82 Å². The van der Waals surface area contributed by atoms with E-state index >= 15 is 0 Å². The molecule has 78 valence electrons. The largest absolute Gasteiger partial charge is 0.398 e. The smallest absolute Gasteiger partial charge is 0.212 e. The summed E-state index contributed by atoms with van der Waals surface area (Å²) < 4.78 is 33.9. The molecule has 0 atom stereocenters. The van der Waals surface area contributed by atoms with Gasteiger partial charge in [-0.05, 0) is 18.2 Å².